The lowest BCUT2D eigenvalue weighted by Gasteiger charge is -1.53. The van der Waals surface area contributed by atoms with E-state index in [9.17, 15) is 0 Å². The SMILES string of the molecule is CC.CCN.CN. The third-order valence-electron chi connectivity index (χ3n) is 0. The van der Waals surface area contributed by atoms with Crippen LogP contribution in [0.5, 0.6) is 0 Å². The minimum atomic E-state index is 0.750. The van der Waals surface area contributed by atoms with Crippen molar-refractivity contribution in [3.05, 3.63) is 0 Å². The minimum absolute atomic E-state index is 0.750. The van der Waals surface area contributed by atoms with Crippen LogP contribution in [0, 0.1) is 0 Å². The fourth-order valence-electron chi connectivity index (χ4n) is 0. The molecule has 0 aliphatic rings. The average molecular weight is 106 g/mol. The molecule has 0 aromatic rings. The first-order valence-corrected chi connectivity index (χ1v) is 2.69. The molecule has 2 nitrogen and oxygen atoms in total. The lowest BCUT2D eigenvalue weighted by Crippen LogP contribution is -1.87. The molecular weight excluding hydrogens is 88.1 g/mol. The van der Waals surface area contributed by atoms with Gasteiger partial charge in [0.25, 0.3) is 0 Å². The molecule has 0 rings (SSSR count). The number of hydrogen-bond acceptors (Lipinski definition) is 2. The van der Waals surface area contributed by atoms with Crippen LogP contribution in [0.1, 0.15) is 20.8 Å². The van der Waals surface area contributed by atoms with E-state index in [0.717, 1.165) is 6.54 Å². The van der Waals surface area contributed by atoms with Crippen molar-refractivity contribution in [3.63, 3.8) is 0 Å². The molecular formula is C5H18N2. The van der Waals surface area contributed by atoms with Crippen LogP contribution >= 0.6 is 0 Å². The molecule has 0 heterocycles. The van der Waals surface area contributed by atoms with E-state index in [1.54, 1.807) is 0 Å². The molecule has 4 N–H and O–H groups in total. The molecule has 0 unspecified atom stereocenters. The van der Waals surface area contributed by atoms with Gasteiger partial charge in [-0.2, -0.15) is 0 Å². The van der Waals surface area contributed by atoms with E-state index in [1.165, 1.54) is 7.05 Å². The van der Waals surface area contributed by atoms with Crippen molar-refractivity contribution in [2.24, 2.45) is 11.5 Å². The van der Waals surface area contributed by atoms with E-state index < -0.39 is 0 Å². The van der Waals surface area contributed by atoms with Gasteiger partial charge >= 0.3 is 0 Å². The molecule has 0 aromatic heterocycles. The first-order chi connectivity index (χ1) is 3.41. The predicted molar refractivity (Wildman–Crippen MR) is 36.2 cm³/mol. The van der Waals surface area contributed by atoms with E-state index in [0.29, 0.717) is 0 Å². The largest absolute Gasteiger partial charge is 0.333 e. The maximum Gasteiger partial charge on any atom is -0.0106 e. The van der Waals surface area contributed by atoms with Gasteiger partial charge in [-0.1, -0.05) is 20.8 Å². The third-order valence-corrected chi connectivity index (χ3v) is 0. The Bertz CT molecular complexity index is 6.04. The molecule has 0 atom stereocenters. The number of nitrogens with two attached hydrogens (primary N) is 2. The maximum atomic E-state index is 4.85. The van der Waals surface area contributed by atoms with Crippen LogP contribution in [0.15, 0.2) is 0 Å². The lowest BCUT2D eigenvalue weighted by atomic mass is 10.8. The van der Waals surface area contributed by atoms with Crippen LogP contribution in [0.25, 0.3) is 0 Å². The Balaban J connectivity index is -0.0000000360. The van der Waals surface area contributed by atoms with Crippen molar-refractivity contribution >= 4 is 0 Å². The highest BCUT2D eigenvalue weighted by Gasteiger charge is 1.32. The molecule has 0 aliphatic heterocycles. The summed E-state index contributed by atoms with van der Waals surface area (Å²) in [6.07, 6.45) is 0. The van der Waals surface area contributed by atoms with Gasteiger partial charge in [0, 0.05) is 0 Å². The second kappa shape index (κ2) is 169. The van der Waals surface area contributed by atoms with E-state index in [-0.39, 0.29) is 0 Å². The zero-order valence-electron chi connectivity index (χ0n) is 5.86. The summed E-state index contributed by atoms with van der Waals surface area (Å²) in [5.74, 6) is 0. The highest BCUT2D eigenvalue weighted by atomic mass is 14.5. The average Bonchev–Trinajstić information content (AvgIpc) is 1.78. The number of hydrogen-bond donors (Lipinski definition) is 2. The van der Waals surface area contributed by atoms with Gasteiger partial charge in [0.05, 0.1) is 0 Å². The lowest BCUT2D eigenvalue weighted by molar-refractivity contribution is 1.14. The fraction of sp³-hybridized carbons (Fsp3) is 1.00. The van der Waals surface area contributed by atoms with E-state index in [1.807, 2.05) is 20.8 Å². The Hall–Kier alpha value is -0.0800. The van der Waals surface area contributed by atoms with Crippen molar-refractivity contribution < 1.29 is 0 Å². The van der Waals surface area contributed by atoms with Crippen LogP contribution in [-0.2, 0) is 0 Å². The van der Waals surface area contributed by atoms with Gasteiger partial charge in [-0.05, 0) is 13.6 Å². The Morgan fingerprint density at radius 2 is 1.14 bits per heavy atom. The van der Waals surface area contributed by atoms with Gasteiger partial charge in [-0.25, -0.2) is 0 Å². The van der Waals surface area contributed by atoms with Gasteiger partial charge in [-0.3, -0.25) is 0 Å². The van der Waals surface area contributed by atoms with Crippen molar-refractivity contribution in [2.75, 3.05) is 13.6 Å². The molecule has 48 valence electrons. The summed E-state index contributed by atoms with van der Waals surface area (Å²) in [7, 11) is 1.50. The normalized spacial score (nSPS) is 4.29. The third kappa shape index (κ3) is 14200. The van der Waals surface area contributed by atoms with Crippen molar-refractivity contribution in [1.82, 2.24) is 0 Å². The quantitative estimate of drug-likeness (QED) is 0.474. The zero-order valence-corrected chi connectivity index (χ0v) is 5.86. The van der Waals surface area contributed by atoms with Crippen LogP contribution in [0.4, 0.5) is 0 Å². The smallest absolute Gasteiger partial charge is 0.0106 e. The Labute approximate surface area is 46.9 Å². The molecule has 0 amide bonds. The van der Waals surface area contributed by atoms with E-state index in [4.69, 9.17) is 5.73 Å². The molecule has 0 aromatic carbocycles. The molecule has 7 heavy (non-hydrogen) atoms. The van der Waals surface area contributed by atoms with Crippen molar-refractivity contribution in [3.8, 4) is 0 Å². The molecule has 2 heteroatoms. The Kier molecular flexibility index (Phi) is 382. The van der Waals surface area contributed by atoms with E-state index in [2.05, 4.69) is 5.73 Å². The standard InChI is InChI=1S/C2H7N.C2H6.CH5N/c1-2-3;2*1-2/h2-3H2,1H3;1-2H3;2H2,1H3. The summed E-state index contributed by atoms with van der Waals surface area (Å²) in [6, 6.07) is 0. The van der Waals surface area contributed by atoms with Crippen LogP contribution < -0.4 is 11.5 Å². The summed E-state index contributed by atoms with van der Waals surface area (Å²) in [6.45, 7) is 6.65. The van der Waals surface area contributed by atoms with Gasteiger partial charge in [0.15, 0.2) is 0 Å². The van der Waals surface area contributed by atoms with Crippen LogP contribution in [-0.4, -0.2) is 13.6 Å². The minimum Gasteiger partial charge on any atom is -0.333 e. The van der Waals surface area contributed by atoms with Crippen molar-refractivity contribution in [2.45, 2.75) is 20.8 Å². The Morgan fingerprint density at radius 1 is 1.14 bits per heavy atom. The molecule has 0 saturated heterocycles. The monoisotopic (exact) mass is 106 g/mol. The highest BCUT2D eigenvalue weighted by Crippen LogP contribution is 1.20. The van der Waals surface area contributed by atoms with Crippen LogP contribution in [0.2, 0.25) is 0 Å². The second-order valence-corrected chi connectivity index (χ2v) is 0.408. The van der Waals surface area contributed by atoms with Gasteiger partial charge in [0.1, 0.15) is 0 Å². The summed E-state index contributed by atoms with van der Waals surface area (Å²) < 4.78 is 0. The second-order valence-electron chi connectivity index (χ2n) is 0.408. The van der Waals surface area contributed by atoms with Crippen LogP contribution in [0.3, 0.4) is 0 Å². The van der Waals surface area contributed by atoms with Gasteiger partial charge in [-0.15, -0.1) is 0 Å². The van der Waals surface area contributed by atoms with E-state index >= 15 is 0 Å². The molecule has 0 radical (unpaired) electrons. The number of rotatable bonds is 0. The molecule has 0 fully saturated rings. The summed E-state index contributed by atoms with van der Waals surface area (Å²) in [5.41, 5.74) is 9.35. The molecule has 0 aliphatic carbocycles. The highest BCUT2D eigenvalue weighted by molar-refractivity contribution is 4.00. The molecule has 0 saturated carbocycles. The molecule has 0 bridgehead atoms. The fourth-order valence-corrected chi connectivity index (χ4v) is 0. The summed E-state index contributed by atoms with van der Waals surface area (Å²) in [4.78, 5) is 0. The predicted octanol–water partition coefficient (Wildman–Crippen LogP) is 0.566. The molecule has 0 spiro atoms. The summed E-state index contributed by atoms with van der Waals surface area (Å²) in [5, 5.41) is 0. The Morgan fingerprint density at radius 3 is 1.14 bits per heavy atom. The maximum absolute atomic E-state index is 4.85. The topological polar surface area (TPSA) is 52.0 Å². The zero-order chi connectivity index (χ0) is 6.71. The first-order valence-electron chi connectivity index (χ1n) is 2.69. The summed E-state index contributed by atoms with van der Waals surface area (Å²) >= 11 is 0. The van der Waals surface area contributed by atoms with Gasteiger partial charge < -0.3 is 11.5 Å². The van der Waals surface area contributed by atoms with Crippen molar-refractivity contribution in [1.29, 1.82) is 0 Å². The van der Waals surface area contributed by atoms with Gasteiger partial charge in [0.2, 0.25) is 0 Å². The first kappa shape index (κ1) is 15.8.